The van der Waals surface area contributed by atoms with Crippen LogP contribution < -0.4 is 10.9 Å². The average molecular weight is 527 g/mol. The molecule has 0 spiro atoms. The van der Waals surface area contributed by atoms with Gasteiger partial charge in [-0.25, -0.2) is 9.37 Å². The molecule has 4 heterocycles. The van der Waals surface area contributed by atoms with Crippen molar-refractivity contribution >= 4 is 51.3 Å². The SMILES string of the molecule is O=c1ccc2c(-c3ccc(F)cc3Cl)nc(C3=CC4CCC(C3)N4)cc2n1-c1c(Cl)cccc1Cl. The third-order valence-corrected chi connectivity index (χ3v) is 7.63. The zero-order valence-corrected chi connectivity index (χ0v) is 20.6. The number of hydrogen-bond donors (Lipinski definition) is 1. The lowest BCUT2D eigenvalue weighted by atomic mass is 9.97. The molecule has 2 aromatic heterocycles. The van der Waals surface area contributed by atoms with Gasteiger partial charge in [-0.2, -0.15) is 0 Å². The Labute approximate surface area is 216 Å². The molecule has 2 aliphatic rings. The van der Waals surface area contributed by atoms with E-state index in [0.717, 1.165) is 30.5 Å². The van der Waals surface area contributed by atoms with Gasteiger partial charge in [0.05, 0.1) is 37.7 Å². The number of hydrogen-bond acceptors (Lipinski definition) is 3. The Bertz CT molecular complexity index is 1580. The van der Waals surface area contributed by atoms with Gasteiger partial charge in [0, 0.05) is 29.1 Å². The minimum Gasteiger partial charge on any atom is -0.307 e. The van der Waals surface area contributed by atoms with E-state index in [1.54, 1.807) is 30.3 Å². The van der Waals surface area contributed by atoms with Crippen molar-refractivity contribution < 1.29 is 4.39 Å². The van der Waals surface area contributed by atoms with Crippen molar-refractivity contribution in [1.82, 2.24) is 14.9 Å². The van der Waals surface area contributed by atoms with Crippen molar-refractivity contribution in [3.05, 3.63) is 97.6 Å². The highest BCUT2D eigenvalue weighted by molar-refractivity contribution is 6.38. The van der Waals surface area contributed by atoms with Gasteiger partial charge in [0.2, 0.25) is 0 Å². The summed E-state index contributed by atoms with van der Waals surface area (Å²) in [6.07, 6.45) is 5.23. The Balaban J connectivity index is 1.70. The molecule has 0 radical (unpaired) electrons. The summed E-state index contributed by atoms with van der Waals surface area (Å²) in [5.41, 5.74) is 3.71. The predicted molar refractivity (Wildman–Crippen MR) is 140 cm³/mol. The highest BCUT2D eigenvalue weighted by Crippen LogP contribution is 2.38. The van der Waals surface area contributed by atoms with E-state index < -0.39 is 5.82 Å². The number of para-hydroxylation sites is 1. The summed E-state index contributed by atoms with van der Waals surface area (Å²) in [5.74, 6) is -0.434. The first-order valence-electron chi connectivity index (χ1n) is 11.3. The number of pyridine rings is 2. The van der Waals surface area contributed by atoms with Gasteiger partial charge >= 0.3 is 0 Å². The van der Waals surface area contributed by atoms with Gasteiger partial charge in [0.1, 0.15) is 5.82 Å². The zero-order valence-electron chi connectivity index (χ0n) is 18.4. The quantitative estimate of drug-likeness (QED) is 0.311. The van der Waals surface area contributed by atoms with Crippen LogP contribution >= 0.6 is 34.8 Å². The Morgan fingerprint density at radius 3 is 2.51 bits per heavy atom. The summed E-state index contributed by atoms with van der Waals surface area (Å²) in [5, 5.41) is 5.21. The van der Waals surface area contributed by atoms with Crippen LogP contribution in [0.3, 0.4) is 0 Å². The molecule has 0 saturated carbocycles. The molecule has 2 aromatic carbocycles. The topological polar surface area (TPSA) is 46.9 Å². The first-order valence-corrected chi connectivity index (χ1v) is 12.5. The van der Waals surface area contributed by atoms with Crippen LogP contribution in [0.2, 0.25) is 15.1 Å². The van der Waals surface area contributed by atoms with Gasteiger partial charge in [0.25, 0.3) is 5.56 Å². The van der Waals surface area contributed by atoms with Crippen molar-refractivity contribution in [2.75, 3.05) is 0 Å². The van der Waals surface area contributed by atoms with Gasteiger partial charge in [-0.05, 0) is 67.3 Å². The van der Waals surface area contributed by atoms with Crippen LogP contribution in [0.15, 0.2) is 65.5 Å². The Kier molecular flexibility index (Phi) is 5.69. The number of rotatable bonds is 3. The number of benzene rings is 2. The van der Waals surface area contributed by atoms with Crippen molar-refractivity contribution in [2.45, 2.75) is 31.3 Å². The minimum atomic E-state index is -0.434. The van der Waals surface area contributed by atoms with Crippen LogP contribution in [0.5, 0.6) is 0 Å². The van der Waals surface area contributed by atoms with E-state index >= 15 is 0 Å². The van der Waals surface area contributed by atoms with Crippen LogP contribution in [0, 0.1) is 5.82 Å². The molecule has 0 aliphatic carbocycles. The summed E-state index contributed by atoms with van der Waals surface area (Å²) >= 11 is 19.5. The van der Waals surface area contributed by atoms with Crippen LogP contribution in [-0.2, 0) is 0 Å². The molecule has 4 aromatic rings. The fourth-order valence-corrected chi connectivity index (χ4v) is 5.96. The summed E-state index contributed by atoms with van der Waals surface area (Å²) in [6.45, 7) is 0. The van der Waals surface area contributed by atoms with Crippen molar-refractivity contribution in [3.8, 4) is 16.9 Å². The normalized spacial score (nSPS) is 19.3. The molecule has 4 nitrogen and oxygen atoms in total. The third-order valence-electron chi connectivity index (χ3n) is 6.71. The predicted octanol–water partition coefficient (Wildman–Crippen LogP) is 7.06. The molecule has 2 unspecified atom stereocenters. The van der Waals surface area contributed by atoms with Crippen LogP contribution in [-0.4, -0.2) is 21.6 Å². The molecule has 1 N–H and O–H groups in total. The van der Waals surface area contributed by atoms with Crippen molar-refractivity contribution in [1.29, 1.82) is 0 Å². The van der Waals surface area contributed by atoms with E-state index in [-0.39, 0.29) is 10.6 Å². The number of aromatic nitrogens is 2. The van der Waals surface area contributed by atoms with E-state index in [0.29, 0.717) is 50.0 Å². The maximum absolute atomic E-state index is 13.9. The monoisotopic (exact) mass is 525 g/mol. The summed E-state index contributed by atoms with van der Waals surface area (Å²) in [4.78, 5) is 18.2. The Hall–Kier alpha value is -2.70. The fourth-order valence-electron chi connectivity index (χ4n) is 5.13. The Morgan fingerprint density at radius 1 is 0.971 bits per heavy atom. The van der Waals surface area contributed by atoms with E-state index in [9.17, 15) is 9.18 Å². The highest BCUT2D eigenvalue weighted by Gasteiger charge is 2.29. The van der Waals surface area contributed by atoms with Crippen LogP contribution in [0.4, 0.5) is 4.39 Å². The molecule has 1 saturated heterocycles. The average Bonchev–Trinajstić information content (AvgIpc) is 3.17. The molecule has 2 bridgehead atoms. The third kappa shape index (κ3) is 3.97. The maximum Gasteiger partial charge on any atom is 0.255 e. The molecule has 6 rings (SSSR count). The van der Waals surface area contributed by atoms with Crippen molar-refractivity contribution in [2.24, 2.45) is 0 Å². The lowest BCUT2D eigenvalue weighted by Crippen LogP contribution is -2.32. The second kappa shape index (κ2) is 8.75. The summed E-state index contributed by atoms with van der Waals surface area (Å²) in [7, 11) is 0. The van der Waals surface area contributed by atoms with Gasteiger partial charge in [0.15, 0.2) is 0 Å². The zero-order chi connectivity index (χ0) is 24.3. The largest absolute Gasteiger partial charge is 0.307 e. The van der Waals surface area contributed by atoms with Crippen molar-refractivity contribution in [3.63, 3.8) is 0 Å². The number of fused-ring (bicyclic) bond motifs is 3. The second-order valence-electron chi connectivity index (χ2n) is 8.93. The van der Waals surface area contributed by atoms with Crippen LogP contribution in [0.25, 0.3) is 33.4 Å². The smallest absolute Gasteiger partial charge is 0.255 e. The standard InChI is InChI=1S/C27H19Cl3FN3O/c28-20-2-1-3-21(29)27(20)34-24-13-23(14-10-16-5-6-17(11-14)32-16)33-26(19(24)8-9-25(34)35)18-7-4-15(31)12-22(18)30/h1-4,7-10,12-13,16-17,32H,5-6,11H2. The molecule has 2 atom stereocenters. The second-order valence-corrected chi connectivity index (χ2v) is 10.2. The molecule has 2 aliphatic heterocycles. The number of nitrogens with one attached hydrogen (secondary N) is 1. The molecule has 8 heteroatoms. The van der Waals surface area contributed by atoms with Gasteiger partial charge < -0.3 is 5.32 Å². The molecule has 1 fully saturated rings. The van der Waals surface area contributed by atoms with E-state index in [1.165, 1.54) is 22.8 Å². The lowest BCUT2D eigenvalue weighted by Gasteiger charge is -2.23. The van der Waals surface area contributed by atoms with E-state index in [4.69, 9.17) is 39.8 Å². The highest BCUT2D eigenvalue weighted by atomic mass is 35.5. The molecule has 176 valence electrons. The molecular weight excluding hydrogens is 508 g/mol. The number of halogens is 4. The first kappa shape index (κ1) is 22.7. The first-order chi connectivity index (χ1) is 16.9. The van der Waals surface area contributed by atoms with Gasteiger partial charge in [-0.15, -0.1) is 0 Å². The molecule has 0 amide bonds. The van der Waals surface area contributed by atoms with Gasteiger partial charge in [-0.1, -0.05) is 46.9 Å². The Morgan fingerprint density at radius 2 is 1.77 bits per heavy atom. The maximum atomic E-state index is 13.9. The van der Waals surface area contributed by atoms with Gasteiger partial charge in [-0.3, -0.25) is 9.36 Å². The molecule has 35 heavy (non-hydrogen) atoms. The number of nitrogens with zero attached hydrogens (tertiary/aromatic N) is 2. The van der Waals surface area contributed by atoms with Crippen LogP contribution in [0.1, 0.15) is 25.0 Å². The minimum absolute atomic E-state index is 0.240. The van der Waals surface area contributed by atoms with E-state index in [1.807, 2.05) is 6.07 Å². The summed E-state index contributed by atoms with van der Waals surface area (Å²) < 4.78 is 15.4. The molecular formula is C27H19Cl3FN3O. The lowest BCUT2D eigenvalue weighted by molar-refractivity contribution is 0.574. The summed E-state index contributed by atoms with van der Waals surface area (Å²) in [6, 6.07) is 15.1. The fraction of sp³-hybridized carbons (Fsp3) is 0.185. The van der Waals surface area contributed by atoms with E-state index in [2.05, 4.69) is 11.4 Å².